The number of fused-ring (bicyclic) bond motifs is 4. The number of nitrogens with zero attached hydrogens (tertiary/aromatic N) is 3. The maximum Gasteiger partial charge on any atom is 0.338 e. The number of aromatic hydroxyl groups is 4. The molecule has 2 aliphatic rings. The Bertz CT molecular complexity index is 1740. The van der Waals surface area contributed by atoms with Crippen LogP contribution in [-0.4, -0.2) is 65.4 Å². The van der Waals surface area contributed by atoms with Gasteiger partial charge in [0.25, 0.3) is 11.8 Å². The molecule has 0 unspecified atom stereocenters. The maximum absolute atomic E-state index is 12.9. The lowest BCUT2D eigenvalue weighted by Crippen LogP contribution is -2.34. The number of carbonyl (C=O) groups is 3. The molecule has 202 valence electrons. The number of benzene rings is 2. The molecular weight excluding hydrogens is 518 g/mol. The number of imide groups is 1. The molecule has 1 aliphatic heterocycles. The second-order valence-electron chi connectivity index (χ2n) is 9.60. The van der Waals surface area contributed by atoms with E-state index in [1.807, 2.05) is 0 Å². The number of ether oxygens (including phenoxy) is 1. The first-order valence-corrected chi connectivity index (χ1v) is 12.3. The highest BCUT2D eigenvalue weighted by Gasteiger charge is 2.43. The predicted molar refractivity (Wildman–Crippen MR) is 142 cm³/mol. The molecule has 4 N–H and O–H groups in total. The number of aromatic nitrogens is 2. The Hall–Kier alpha value is -5.45. The Morgan fingerprint density at radius 3 is 2.08 bits per heavy atom. The van der Waals surface area contributed by atoms with E-state index < -0.39 is 17.8 Å². The summed E-state index contributed by atoms with van der Waals surface area (Å²) < 4.78 is 7.59. The van der Waals surface area contributed by atoms with Crippen LogP contribution in [0.4, 0.5) is 0 Å². The number of amides is 2. The molecule has 1 aliphatic carbocycles. The second kappa shape index (κ2) is 8.80. The molecule has 0 spiro atoms. The molecule has 0 radical (unpaired) electrons. The summed E-state index contributed by atoms with van der Waals surface area (Å²) >= 11 is 0. The summed E-state index contributed by atoms with van der Waals surface area (Å²) in [6.45, 7) is 1.34. The van der Waals surface area contributed by atoms with Crippen molar-refractivity contribution in [2.75, 3.05) is 13.2 Å². The molecule has 6 rings (SSSR count). The van der Waals surface area contributed by atoms with Crippen LogP contribution in [0.1, 0.15) is 21.5 Å². The molecule has 0 bridgehead atoms. The van der Waals surface area contributed by atoms with Crippen LogP contribution < -0.4 is 0 Å². The zero-order valence-corrected chi connectivity index (χ0v) is 21.4. The summed E-state index contributed by atoms with van der Waals surface area (Å²) in [5.41, 5.74) is 2.63. The summed E-state index contributed by atoms with van der Waals surface area (Å²) in [7, 11) is 1.44. The zero-order chi connectivity index (χ0) is 28.5. The number of carbonyl (C=O) groups excluding carboxylic acids is 3. The van der Waals surface area contributed by atoms with Crippen molar-refractivity contribution in [1.29, 1.82) is 0 Å². The van der Waals surface area contributed by atoms with Gasteiger partial charge in [-0.05, 0) is 36.2 Å². The first-order chi connectivity index (χ1) is 19.1. The van der Waals surface area contributed by atoms with Crippen LogP contribution in [0.3, 0.4) is 0 Å². The largest absolute Gasteiger partial charge is 0.494 e. The maximum atomic E-state index is 12.9. The van der Waals surface area contributed by atoms with E-state index in [0.29, 0.717) is 11.1 Å². The number of rotatable bonds is 6. The van der Waals surface area contributed by atoms with E-state index in [9.17, 15) is 34.8 Å². The average Bonchev–Trinajstić information content (AvgIpc) is 3.38. The van der Waals surface area contributed by atoms with Gasteiger partial charge < -0.3 is 25.2 Å². The fourth-order valence-corrected chi connectivity index (χ4v) is 5.20. The van der Waals surface area contributed by atoms with Crippen LogP contribution in [0.5, 0.6) is 23.5 Å². The lowest BCUT2D eigenvalue weighted by Gasteiger charge is -2.15. The summed E-state index contributed by atoms with van der Waals surface area (Å²) in [4.78, 5) is 39.0. The average molecular weight is 542 g/mol. The Balaban J connectivity index is 1.20. The van der Waals surface area contributed by atoms with Gasteiger partial charge >= 0.3 is 5.97 Å². The first kappa shape index (κ1) is 24.9. The molecule has 4 aromatic rings. The monoisotopic (exact) mass is 541 g/mol. The van der Waals surface area contributed by atoms with Gasteiger partial charge in [-0.25, -0.2) is 4.79 Å². The summed E-state index contributed by atoms with van der Waals surface area (Å²) in [6, 6.07) is 13.4. The molecule has 11 heteroatoms. The van der Waals surface area contributed by atoms with Crippen LogP contribution in [-0.2, 0) is 21.4 Å². The highest BCUT2D eigenvalue weighted by atomic mass is 16.5. The topological polar surface area (TPSA) is 154 Å². The van der Waals surface area contributed by atoms with Crippen molar-refractivity contribution < 1.29 is 39.5 Å². The number of aryl methyl sites for hydroxylation is 1. The van der Waals surface area contributed by atoms with Gasteiger partial charge in [-0.15, -0.1) is 0 Å². The molecule has 40 heavy (non-hydrogen) atoms. The van der Waals surface area contributed by atoms with Crippen LogP contribution >= 0.6 is 0 Å². The molecule has 2 aromatic heterocycles. The third-order valence-electron chi connectivity index (χ3n) is 7.15. The van der Waals surface area contributed by atoms with E-state index in [2.05, 4.69) is 0 Å². The quantitative estimate of drug-likeness (QED) is 0.189. The van der Waals surface area contributed by atoms with Gasteiger partial charge in [-0.3, -0.25) is 23.6 Å². The van der Waals surface area contributed by atoms with Crippen molar-refractivity contribution >= 4 is 23.4 Å². The fraction of sp³-hybridized carbons (Fsp3) is 0.138. The minimum Gasteiger partial charge on any atom is -0.494 e. The van der Waals surface area contributed by atoms with Crippen LogP contribution in [0.2, 0.25) is 0 Å². The number of hydrogen-bond acceptors (Lipinski definition) is 8. The zero-order valence-electron chi connectivity index (χ0n) is 21.4. The molecule has 0 saturated carbocycles. The molecule has 0 fully saturated rings. The second-order valence-corrected chi connectivity index (χ2v) is 9.60. The van der Waals surface area contributed by atoms with Crippen LogP contribution in [0, 0.1) is 6.92 Å². The van der Waals surface area contributed by atoms with Crippen molar-refractivity contribution in [2.24, 2.45) is 7.05 Å². The van der Waals surface area contributed by atoms with Gasteiger partial charge in [-0.2, -0.15) is 0 Å². The van der Waals surface area contributed by atoms with Crippen LogP contribution in [0.15, 0.2) is 54.6 Å². The summed E-state index contributed by atoms with van der Waals surface area (Å²) in [5, 5.41) is 42.5. The third kappa shape index (κ3) is 3.48. The molecule has 2 amide bonds. The third-order valence-corrected chi connectivity index (χ3v) is 7.15. The van der Waals surface area contributed by atoms with Gasteiger partial charge in [0.05, 0.1) is 45.6 Å². The molecule has 0 saturated heterocycles. The minimum absolute atomic E-state index is 0.107. The van der Waals surface area contributed by atoms with Gasteiger partial charge in [0, 0.05) is 13.1 Å². The van der Waals surface area contributed by atoms with Gasteiger partial charge in [0.15, 0.2) is 0 Å². The van der Waals surface area contributed by atoms with E-state index in [0.717, 1.165) is 14.0 Å². The lowest BCUT2D eigenvalue weighted by atomic mass is 9.86. The van der Waals surface area contributed by atoms with Crippen LogP contribution in [0.25, 0.3) is 33.5 Å². The van der Waals surface area contributed by atoms with E-state index in [1.54, 1.807) is 49.4 Å². The molecular formula is C29H23N3O8. The van der Waals surface area contributed by atoms with Gasteiger partial charge in [0.2, 0.25) is 23.5 Å². The van der Waals surface area contributed by atoms with Crippen molar-refractivity contribution in [3.8, 4) is 51.5 Å². The number of hydrogen-bond donors (Lipinski definition) is 4. The van der Waals surface area contributed by atoms with Gasteiger partial charge in [0.1, 0.15) is 6.61 Å². The van der Waals surface area contributed by atoms with Gasteiger partial charge in [-0.1, -0.05) is 30.3 Å². The summed E-state index contributed by atoms with van der Waals surface area (Å²) in [5.74, 6) is -2.98. The van der Waals surface area contributed by atoms with Crippen molar-refractivity contribution in [2.45, 2.75) is 6.92 Å². The molecule has 11 nitrogen and oxygen atoms in total. The highest BCUT2D eigenvalue weighted by Crippen LogP contribution is 2.65. The Kier molecular flexibility index (Phi) is 5.47. The standard InChI is InChI=1S/C29H23N3O8/c1-14-10-16(29(39)40-9-8-31-19(33)13-18(24(31)34)15-6-4-3-5-7-15)12-17(11-14)32-27(37)22-20-21(23(22)28(32)38)26(36)30(2)25(20)35/h3-7,10-13,35-38H,8-9H2,1-2H3. The normalized spacial score (nSPS) is 13.7. The SMILES string of the molecule is Cc1cc(C(=O)OCCN2C(=O)C=C(c3ccccc3)C2=O)cc(-n2c(O)c3c(c2O)-c2c-3c(O)n(C)c2O)c1. The molecule has 3 heterocycles. The summed E-state index contributed by atoms with van der Waals surface area (Å²) in [6.07, 6.45) is 1.26. The van der Waals surface area contributed by atoms with E-state index in [4.69, 9.17) is 4.74 Å². The first-order valence-electron chi connectivity index (χ1n) is 12.3. The fourth-order valence-electron chi connectivity index (χ4n) is 5.20. The predicted octanol–water partition coefficient (Wildman–Crippen LogP) is 3.20. The van der Waals surface area contributed by atoms with E-state index in [1.165, 1.54) is 19.2 Å². The van der Waals surface area contributed by atoms with Crippen molar-refractivity contribution in [3.63, 3.8) is 0 Å². The van der Waals surface area contributed by atoms with E-state index in [-0.39, 0.29) is 75.7 Å². The van der Waals surface area contributed by atoms with E-state index >= 15 is 0 Å². The van der Waals surface area contributed by atoms with Crippen molar-refractivity contribution in [1.82, 2.24) is 14.0 Å². The number of esters is 1. The Labute approximate surface area is 227 Å². The highest BCUT2D eigenvalue weighted by molar-refractivity contribution is 6.33. The minimum atomic E-state index is -0.735. The Morgan fingerprint density at radius 1 is 0.850 bits per heavy atom. The van der Waals surface area contributed by atoms with Crippen molar-refractivity contribution in [3.05, 3.63) is 71.3 Å². The Morgan fingerprint density at radius 2 is 1.45 bits per heavy atom. The smallest absolute Gasteiger partial charge is 0.338 e. The molecule has 2 aromatic carbocycles. The lowest BCUT2D eigenvalue weighted by molar-refractivity contribution is -0.137. The molecule has 0 atom stereocenters.